The van der Waals surface area contributed by atoms with E-state index in [1.807, 2.05) is 48.2 Å². The van der Waals surface area contributed by atoms with Gasteiger partial charge in [-0.2, -0.15) is 0 Å². The third kappa shape index (κ3) is 3.02. The van der Waals surface area contributed by atoms with Crippen molar-refractivity contribution in [1.29, 1.82) is 0 Å². The molecule has 3 nitrogen and oxygen atoms in total. The van der Waals surface area contributed by atoms with Crippen LogP contribution in [0.15, 0.2) is 54.6 Å². The number of amides is 1. The summed E-state index contributed by atoms with van der Waals surface area (Å²) in [6.07, 6.45) is 0.916. The van der Waals surface area contributed by atoms with E-state index in [1.165, 1.54) is 11.1 Å². The second-order valence-corrected chi connectivity index (χ2v) is 6.38. The van der Waals surface area contributed by atoms with Crippen LogP contribution in [-0.4, -0.2) is 17.4 Å². The summed E-state index contributed by atoms with van der Waals surface area (Å²) in [6.45, 7) is 4.81. The molecule has 1 amide bonds. The highest BCUT2D eigenvalue weighted by Gasteiger charge is 2.32. The summed E-state index contributed by atoms with van der Waals surface area (Å²) >= 11 is 0. The maximum absolute atomic E-state index is 13.0. The predicted molar refractivity (Wildman–Crippen MR) is 92.8 cm³/mol. The maximum Gasteiger partial charge on any atom is 0.227 e. The SMILES string of the molecule is CC(C(=O)N1CCc2ccccc2C1C)C(N)c1ccccc1. The zero-order chi connectivity index (χ0) is 16.4. The summed E-state index contributed by atoms with van der Waals surface area (Å²) in [5.41, 5.74) is 9.96. The Bertz CT molecular complexity index is 683. The van der Waals surface area contributed by atoms with Crippen LogP contribution >= 0.6 is 0 Å². The van der Waals surface area contributed by atoms with Crippen LogP contribution < -0.4 is 5.73 Å². The van der Waals surface area contributed by atoms with Gasteiger partial charge in [0, 0.05) is 12.6 Å². The van der Waals surface area contributed by atoms with Crippen LogP contribution in [0.25, 0.3) is 0 Å². The quantitative estimate of drug-likeness (QED) is 0.943. The van der Waals surface area contributed by atoms with E-state index < -0.39 is 0 Å². The molecule has 0 bridgehead atoms. The topological polar surface area (TPSA) is 46.3 Å². The zero-order valence-electron chi connectivity index (χ0n) is 13.8. The van der Waals surface area contributed by atoms with Gasteiger partial charge in [-0.1, -0.05) is 61.5 Å². The number of rotatable bonds is 3. The van der Waals surface area contributed by atoms with Gasteiger partial charge in [0.2, 0.25) is 5.91 Å². The highest BCUT2D eigenvalue weighted by Crippen LogP contribution is 2.32. The normalized spacial score (nSPS) is 19.8. The highest BCUT2D eigenvalue weighted by molar-refractivity contribution is 5.80. The Morgan fingerprint density at radius 2 is 1.78 bits per heavy atom. The molecule has 0 spiro atoms. The molecule has 2 aromatic rings. The molecule has 0 saturated heterocycles. The average Bonchev–Trinajstić information content (AvgIpc) is 2.61. The average molecular weight is 308 g/mol. The fourth-order valence-corrected chi connectivity index (χ4v) is 3.45. The van der Waals surface area contributed by atoms with E-state index in [-0.39, 0.29) is 23.9 Å². The van der Waals surface area contributed by atoms with Gasteiger partial charge in [-0.25, -0.2) is 0 Å². The molecule has 3 rings (SSSR count). The standard InChI is InChI=1S/C20H24N2O/c1-14(19(21)17-9-4-3-5-10-17)20(23)22-13-12-16-8-6-7-11-18(16)15(22)2/h3-11,14-15,19H,12-13,21H2,1-2H3. The molecule has 3 unspecified atom stereocenters. The molecule has 0 aliphatic carbocycles. The minimum absolute atomic E-state index is 0.109. The molecule has 0 aromatic heterocycles. The summed E-state index contributed by atoms with van der Waals surface area (Å²) in [6, 6.07) is 18.1. The van der Waals surface area contributed by atoms with Gasteiger partial charge >= 0.3 is 0 Å². The summed E-state index contributed by atoms with van der Waals surface area (Å²) < 4.78 is 0. The first kappa shape index (κ1) is 15.8. The summed E-state index contributed by atoms with van der Waals surface area (Å²) in [5, 5.41) is 0. The second kappa shape index (κ2) is 6.55. The molecule has 1 aliphatic heterocycles. The fraction of sp³-hybridized carbons (Fsp3) is 0.350. The van der Waals surface area contributed by atoms with Crippen LogP contribution in [0.1, 0.15) is 42.6 Å². The van der Waals surface area contributed by atoms with Gasteiger partial charge in [0.25, 0.3) is 0 Å². The molecule has 120 valence electrons. The van der Waals surface area contributed by atoms with Gasteiger partial charge < -0.3 is 10.6 Å². The van der Waals surface area contributed by atoms with E-state index >= 15 is 0 Å². The van der Waals surface area contributed by atoms with E-state index in [1.54, 1.807) is 0 Å². The molecule has 23 heavy (non-hydrogen) atoms. The number of nitrogens with two attached hydrogens (primary N) is 1. The van der Waals surface area contributed by atoms with Crippen molar-refractivity contribution in [1.82, 2.24) is 4.90 Å². The fourth-order valence-electron chi connectivity index (χ4n) is 3.45. The maximum atomic E-state index is 13.0. The Kier molecular flexibility index (Phi) is 4.49. The molecule has 1 aliphatic rings. The Morgan fingerprint density at radius 3 is 2.52 bits per heavy atom. The van der Waals surface area contributed by atoms with Crippen LogP contribution in [0.4, 0.5) is 0 Å². The first-order valence-corrected chi connectivity index (χ1v) is 8.28. The van der Waals surface area contributed by atoms with Crippen LogP contribution in [0.2, 0.25) is 0 Å². The molecule has 0 fully saturated rings. The van der Waals surface area contributed by atoms with Crippen LogP contribution in [-0.2, 0) is 11.2 Å². The Hall–Kier alpha value is -2.13. The number of nitrogens with zero attached hydrogens (tertiary/aromatic N) is 1. The van der Waals surface area contributed by atoms with Gasteiger partial charge in [-0.05, 0) is 30.0 Å². The first-order chi connectivity index (χ1) is 11.1. The van der Waals surface area contributed by atoms with Crippen molar-refractivity contribution in [2.45, 2.75) is 32.4 Å². The molecular formula is C20H24N2O. The lowest BCUT2D eigenvalue weighted by atomic mass is 9.90. The minimum Gasteiger partial charge on any atom is -0.335 e. The molecule has 0 saturated carbocycles. The lowest BCUT2D eigenvalue weighted by Crippen LogP contribution is -2.44. The molecule has 1 heterocycles. The molecule has 2 N–H and O–H groups in total. The molecule has 3 atom stereocenters. The van der Waals surface area contributed by atoms with Gasteiger partial charge in [-0.3, -0.25) is 4.79 Å². The van der Waals surface area contributed by atoms with Crippen molar-refractivity contribution in [3.8, 4) is 0 Å². The highest BCUT2D eigenvalue weighted by atomic mass is 16.2. The van der Waals surface area contributed by atoms with Crippen LogP contribution in [0, 0.1) is 5.92 Å². The van der Waals surface area contributed by atoms with Crippen molar-refractivity contribution in [2.24, 2.45) is 11.7 Å². The Labute approximate surface area is 138 Å². The number of benzene rings is 2. The summed E-state index contributed by atoms with van der Waals surface area (Å²) in [7, 11) is 0. The first-order valence-electron chi connectivity index (χ1n) is 8.28. The van der Waals surface area contributed by atoms with Crippen LogP contribution in [0.5, 0.6) is 0 Å². The lowest BCUT2D eigenvalue weighted by Gasteiger charge is -2.37. The van der Waals surface area contributed by atoms with Gasteiger partial charge in [0.15, 0.2) is 0 Å². The van der Waals surface area contributed by atoms with Crippen molar-refractivity contribution in [3.63, 3.8) is 0 Å². The van der Waals surface area contributed by atoms with Gasteiger partial charge in [0.05, 0.1) is 12.0 Å². The van der Waals surface area contributed by atoms with E-state index in [9.17, 15) is 4.79 Å². The Balaban J connectivity index is 1.78. The lowest BCUT2D eigenvalue weighted by molar-refractivity contribution is -0.138. The number of hydrogen-bond acceptors (Lipinski definition) is 2. The van der Waals surface area contributed by atoms with Crippen molar-refractivity contribution in [2.75, 3.05) is 6.54 Å². The van der Waals surface area contributed by atoms with Crippen molar-refractivity contribution >= 4 is 5.91 Å². The monoisotopic (exact) mass is 308 g/mol. The third-order valence-electron chi connectivity index (χ3n) is 4.99. The van der Waals surface area contributed by atoms with E-state index in [2.05, 4.69) is 25.1 Å². The van der Waals surface area contributed by atoms with Gasteiger partial charge in [-0.15, -0.1) is 0 Å². The predicted octanol–water partition coefficient (Wildman–Crippen LogP) is 3.47. The summed E-state index contributed by atoms with van der Waals surface area (Å²) in [5.74, 6) is -0.0894. The van der Waals surface area contributed by atoms with E-state index in [4.69, 9.17) is 5.73 Å². The number of hydrogen-bond donors (Lipinski definition) is 1. The molecule has 3 heteroatoms. The third-order valence-corrected chi connectivity index (χ3v) is 4.99. The van der Waals surface area contributed by atoms with Crippen LogP contribution in [0.3, 0.4) is 0 Å². The molecular weight excluding hydrogens is 284 g/mol. The molecule has 0 radical (unpaired) electrons. The summed E-state index contributed by atoms with van der Waals surface area (Å²) in [4.78, 5) is 15.0. The number of carbonyl (C=O) groups is 1. The van der Waals surface area contributed by atoms with E-state index in [0.29, 0.717) is 0 Å². The van der Waals surface area contributed by atoms with E-state index in [0.717, 1.165) is 18.5 Å². The zero-order valence-corrected chi connectivity index (χ0v) is 13.8. The largest absolute Gasteiger partial charge is 0.335 e. The molecule has 2 aromatic carbocycles. The second-order valence-electron chi connectivity index (χ2n) is 6.38. The van der Waals surface area contributed by atoms with Gasteiger partial charge in [0.1, 0.15) is 0 Å². The number of fused-ring (bicyclic) bond motifs is 1. The smallest absolute Gasteiger partial charge is 0.227 e. The number of carbonyl (C=O) groups excluding carboxylic acids is 1. The minimum atomic E-state index is -0.270. The van der Waals surface area contributed by atoms with Crippen molar-refractivity contribution < 1.29 is 4.79 Å². The Morgan fingerprint density at radius 1 is 1.13 bits per heavy atom. The van der Waals surface area contributed by atoms with Crippen molar-refractivity contribution in [3.05, 3.63) is 71.3 Å².